The first-order valence-corrected chi connectivity index (χ1v) is 7.37. The molecule has 0 unspecified atom stereocenters. The number of rotatable bonds is 5. The van der Waals surface area contributed by atoms with Crippen LogP contribution in [0, 0.1) is 0 Å². The molecule has 0 fully saturated rings. The van der Waals surface area contributed by atoms with Gasteiger partial charge in [-0.25, -0.2) is 0 Å². The average molecular weight is 321 g/mol. The van der Waals surface area contributed by atoms with Crippen LogP contribution >= 0.6 is 23.8 Å². The molecule has 3 N–H and O–H groups in total. The molecule has 2 aromatic carbocycles. The number of nitrogens with one attached hydrogen (secondary N) is 1. The third-order valence-electron chi connectivity index (χ3n) is 2.75. The minimum atomic E-state index is 0.162. The second-order valence-electron chi connectivity index (χ2n) is 4.87. The number of anilines is 2. The van der Waals surface area contributed by atoms with Gasteiger partial charge in [0.15, 0.2) is 0 Å². The summed E-state index contributed by atoms with van der Waals surface area (Å²) in [5, 5.41) is 3.80. The van der Waals surface area contributed by atoms with Gasteiger partial charge in [-0.05, 0) is 56.3 Å². The van der Waals surface area contributed by atoms with Crippen LogP contribution in [0.4, 0.5) is 11.4 Å². The normalized spacial score (nSPS) is 10.5. The Balaban J connectivity index is 2.11. The lowest BCUT2D eigenvalue weighted by Crippen LogP contribution is -2.09. The van der Waals surface area contributed by atoms with Crippen molar-refractivity contribution in [1.29, 1.82) is 0 Å². The van der Waals surface area contributed by atoms with Crippen LogP contribution < -0.4 is 15.8 Å². The number of hydrogen-bond donors (Lipinski definition) is 2. The number of nitrogens with two attached hydrogens (primary N) is 1. The van der Waals surface area contributed by atoms with E-state index in [1.54, 1.807) is 6.07 Å². The van der Waals surface area contributed by atoms with Crippen LogP contribution in [0.15, 0.2) is 42.5 Å². The van der Waals surface area contributed by atoms with Crippen molar-refractivity contribution in [2.24, 2.45) is 5.73 Å². The molecule has 0 spiro atoms. The molecule has 0 heterocycles. The molecule has 0 aliphatic heterocycles. The summed E-state index contributed by atoms with van der Waals surface area (Å²) in [6.45, 7) is 4.00. The van der Waals surface area contributed by atoms with Crippen molar-refractivity contribution in [3.63, 3.8) is 0 Å². The van der Waals surface area contributed by atoms with Gasteiger partial charge in [0.05, 0.1) is 11.1 Å². The molecule has 0 amide bonds. The van der Waals surface area contributed by atoms with Gasteiger partial charge in [-0.15, -0.1) is 0 Å². The fourth-order valence-electron chi connectivity index (χ4n) is 1.85. The maximum atomic E-state index is 6.15. The lowest BCUT2D eigenvalue weighted by Gasteiger charge is -2.12. The van der Waals surface area contributed by atoms with Crippen molar-refractivity contribution in [2.45, 2.75) is 20.0 Å². The maximum Gasteiger partial charge on any atom is 0.119 e. The Hall–Kier alpha value is -1.78. The zero-order valence-electron chi connectivity index (χ0n) is 11.9. The minimum absolute atomic E-state index is 0.162. The van der Waals surface area contributed by atoms with E-state index in [1.165, 1.54) is 0 Å². The summed E-state index contributed by atoms with van der Waals surface area (Å²) in [5.74, 6) is 0.845. The third-order valence-corrected chi connectivity index (χ3v) is 3.28. The van der Waals surface area contributed by atoms with Crippen molar-refractivity contribution in [3.8, 4) is 5.75 Å². The first-order valence-electron chi connectivity index (χ1n) is 6.59. The Bertz CT molecular complexity index is 641. The summed E-state index contributed by atoms with van der Waals surface area (Å²) in [4.78, 5) is 0.293. The van der Waals surface area contributed by atoms with Crippen LogP contribution in [-0.2, 0) is 0 Å². The van der Waals surface area contributed by atoms with Crippen LogP contribution in [0.5, 0.6) is 5.75 Å². The van der Waals surface area contributed by atoms with Crippen LogP contribution in [0.3, 0.4) is 0 Å². The SMILES string of the molecule is CC(C)Oc1ccc(Nc2ccc(C(N)=S)c(Cl)c2)cc1. The summed E-state index contributed by atoms with van der Waals surface area (Å²) in [5.41, 5.74) is 8.09. The van der Waals surface area contributed by atoms with Crippen molar-refractivity contribution >= 4 is 40.2 Å². The van der Waals surface area contributed by atoms with Gasteiger partial charge in [0.2, 0.25) is 0 Å². The van der Waals surface area contributed by atoms with Gasteiger partial charge < -0.3 is 15.8 Å². The van der Waals surface area contributed by atoms with E-state index in [0.29, 0.717) is 15.6 Å². The molecular weight excluding hydrogens is 304 g/mol. The molecule has 0 aromatic heterocycles. The van der Waals surface area contributed by atoms with Crippen LogP contribution in [0.25, 0.3) is 0 Å². The largest absolute Gasteiger partial charge is 0.491 e. The second-order valence-corrected chi connectivity index (χ2v) is 5.72. The number of ether oxygens (including phenoxy) is 1. The van der Waals surface area contributed by atoms with Gasteiger partial charge in [0.25, 0.3) is 0 Å². The second kappa shape index (κ2) is 6.78. The van der Waals surface area contributed by atoms with Gasteiger partial charge in [-0.3, -0.25) is 0 Å². The lowest BCUT2D eigenvalue weighted by molar-refractivity contribution is 0.242. The zero-order valence-corrected chi connectivity index (χ0v) is 13.5. The predicted octanol–water partition coefficient (Wildman–Crippen LogP) is 4.51. The third kappa shape index (κ3) is 4.34. The summed E-state index contributed by atoms with van der Waals surface area (Å²) >= 11 is 11.1. The molecule has 0 aliphatic carbocycles. The summed E-state index contributed by atoms with van der Waals surface area (Å²) < 4.78 is 5.60. The smallest absolute Gasteiger partial charge is 0.119 e. The quantitative estimate of drug-likeness (QED) is 0.796. The fraction of sp³-hybridized carbons (Fsp3) is 0.188. The van der Waals surface area contributed by atoms with E-state index >= 15 is 0 Å². The van der Waals surface area contributed by atoms with Gasteiger partial charge in [0.1, 0.15) is 10.7 Å². The highest BCUT2D eigenvalue weighted by atomic mass is 35.5. The van der Waals surface area contributed by atoms with Crippen LogP contribution in [0.1, 0.15) is 19.4 Å². The predicted molar refractivity (Wildman–Crippen MR) is 92.8 cm³/mol. The molecule has 0 atom stereocenters. The zero-order chi connectivity index (χ0) is 15.4. The Morgan fingerprint density at radius 3 is 2.29 bits per heavy atom. The van der Waals surface area contributed by atoms with Crippen LogP contribution in [-0.4, -0.2) is 11.1 Å². The highest BCUT2D eigenvalue weighted by molar-refractivity contribution is 7.80. The summed E-state index contributed by atoms with van der Waals surface area (Å²) in [7, 11) is 0. The van der Waals surface area contributed by atoms with E-state index in [4.69, 9.17) is 34.3 Å². The first kappa shape index (κ1) is 15.6. The molecule has 110 valence electrons. The number of thiocarbonyl (C=S) groups is 1. The van der Waals surface area contributed by atoms with E-state index in [1.807, 2.05) is 50.2 Å². The fourth-order valence-corrected chi connectivity index (χ4v) is 2.36. The summed E-state index contributed by atoms with van der Waals surface area (Å²) in [6.07, 6.45) is 0.162. The van der Waals surface area contributed by atoms with Crippen molar-refractivity contribution in [2.75, 3.05) is 5.32 Å². The molecule has 0 saturated heterocycles. The first-order chi connectivity index (χ1) is 9.95. The Kier molecular flexibility index (Phi) is 5.04. The molecule has 5 heteroatoms. The molecule has 2 aromatic rings. The molecule has 0 aliphatic rings. The number of benzene rings is 2. The molecule has 0 bridgehead atoms. The van der Waals surface area contributed by atoms with Gasteiger partial charge >= 0.3 is 0 Å². The van der Waals surface area contributed by atoms with E-state index < -0.39 is 0 Å². The van der Waals surface area contributed by atoms with Gasteiger partial charge in [-0.1, -0.05) is 23.8 Å². The van der Waals surface area contributed by atoms with E-state index in [2.05, 4.69) is 5.32 Å². The standard InChI is InChI=1S/C16H17ClN2OS/c1-10(2)20-13-6-3-11(4-7-13)19-12-5-8-14(16(18)21)15(17)9-12/h3-10,19H,1-2H3,(H2,18,21). The lowest BCUT2D eigenvalue weighted by atomic mass is 10.2. The molecule has 21 heavy (non-hydrogen) atoms. The molecule has 2 rings (SSSR count). The van der Waals surface area contributed by atoms with E-state index in [9.17, 15) is 0 Å². The summed E-state index contributed by atoms with van der Waals surface area (Å²) in [6, 6.07) is 13.2. The van der Waals surface area contributed by atoms with Crippen LogP contribution in [0.2, 0.25) is 5.02 Å². The maximum absolute atomic E-state index is 6.15. The van der Waals surface area contributed by atoms with Crippen molar-refractivity contribution in [3.05, 3.63) is 53.1 Å². The van der Waals surface area contributed by atoms with E-state index in [0.717, 1.165) is 17.1 Å². The molecule has 0 radical (unpaired) electrons. The number of hydrogen-bond acceptors (Lipinski definition) is 3. The minimum Gasteiger partial charge on any atom is -0.491 e. The Labute approximate surface area is 135 Å². The molecule has 3 nitrogen and oxygen atoms in total. The van der Waals surface area contributed by atoms with Crippen molar-refractivity contribution < 1.29 is 4.74 Å². The van der Waals surface area contributed by atoms with Crippen molar-refractivity contribution in [1.82, 2.24) is 0 Å². The topological polar surface area (TPSA) is 47.3 Å². The van der Waals surface area contributed by atoms with E-state index in [-0.39, 0.29) is 6.10 Å². The van der Waals surface area contributed by atoms with Gasteiger partial charge in [0, 0.05) is 16.9 Å². The average Bonchev–Trinajstić information content (AvgIpc) is 2.40. The Morgan fingerprint density at radius 1 is 1.14 bits per heavy atom. The monoisotopic (exact) mass is 320 g/mol. The highest BCUT2D eigenvalue weighted by Gasteiger charge is 2.05. The molecule has 0 saturated carbocycles. The van der Waals surface area contributed by atoms with Gasteiger partial charge in [-0.2, -0.15) is 0 Å². The Morgan fingerprint density at radius 2 is 1.76 bits per heavy atom. The number of halogens is 1. The highest BCUT2D eigenvalue weighted by Crippen LogP contribution is 2.25. The molecular formula is C16H17ClN2OS.